The zero-order valence-corrected chi connectivity index (χ0v) is 13.1. The van der Waals surface area contributed by atoms with Crippen LogP contribution in [0.25, 0.3) is 0 Å². The van der Waals surface area contributed by atoms with Crippen molar-refractivity contribution in [1.82, 2.24) is 0 Å². The van der Waals surface area contributed by atoms with Crippen LogP contribution in [0.5, 0.6) is 0 Å². The summed E-state index contributed by atoms with van der Waals surface area (Å²) in [6, 6.07) is 7.41. The van der Waals surface area contributed by atoms with Crippen molar-refractivity contribution in [2.75, 3.05) is 13.2 Å². The lowest BCUT2D eigenvalue weighted by atomic mass is 9.93. The smallest absolute Gasteiger partial charge is 0.317 e. The topological polar surface area (TPSA) is 52.6 Å². The lowest BCUT2D eigenvalue weighted by molar-refractivity contribution is -0.152. The van der Waals surface area contributed by atoms with E-state index < -0.39 is 11.3 Å². The van der Waals surface area contributed by atoms with Crippen molar-refractivity contribution in [3.8, 4) is 0 Å². The molecule has 1 aliphatic carbocycles. The standard InChI is InChI=1S/C15H17BrO4/c1-3-19-13(17)12-9-15(12,14(18)20-4-2)10-5-7-11(16)8-6-10/h5-8,12H,3-4,9H2,1-2H3/t12-,15-/m0/s1. The largest absolute Gasteiger partial charge is 0.466 e. The number of esters is 2. The second kappa shape index (κ2) is 5.95. The maximum Gasteiger partial charge on any atom is 0.317 e. The van der Waals surface area contributed by atoms with E-state index in [1.54, 1.807) is 13.8 Å². The zero-order chi connectivity index (χ0) is 14.8. The van der Waals surface area contributed by atoms with Gasteiger partial charge in [-0.05, 0) is 38.0 Å². The van der Waals surface area contributed by atoms with Crippen LogP contribution in [0.15, 0.2) is 28.7 Å². The van der Waals surface area contributed by atoms with Crippen LogP contribution in [0.4, 0.5) is 0 Å². The minimum absolute atomic E-state index is 0.298. The Bertz CT molecular complexity index is 511. The SMILES string of the molecule is CCOC(=O)[C@@H]1C[C@]1(C(=O)OCC)c1ccc(Br)cc1. The maximum absolute atomic E-state index is 12.3. The van der Waals surface area contributed by atoms with Crippen LogP contribution >= 0.6 is 15.9 Å². The van der Waals surface area contributed by atoms with Crippen molar-refractivity contribution in [1.29, 1.82) is 0 Å². The Labute approximate surface area is 126 Å². The molecule has 108 valence electrons. The summed E-state index contributed by atoms with van der Waals surface area (Å²) >= 11 is 3.36. The summed E-state index contributed by atoms with van der Waals surface area (Å²) in [5, 5.41) is 0. The molecule has 0 bridgehead atoms. The Kier molecular flexibility index (Phi) is 4.48. The van der Waals surface area contributed by atoms with Gasteiger partial charge in [0.05, 0.1) is 19.1 Å². The molecule has 4 nitrogen and oxygen atoms in total. The Hall–Kier alpha value is -1.36. The third-order valence-electron chi connectivity index (χ3n) is 3.53. The second-order valence-electron chi connectivity index (χ2n) is 4.71. The monoisotopic (exact) mass is 340 g/mol. The van der Waals surface area contributed by atoms with Crippen LogP contribution in [0.1, 0.15) is 25.8 Å². The van der Waals surface area contributed by atoms with E-state index in [4.69, 9.17) is 9.47 Å². The molecule has 0 aliphatic heterocycles. The number of halogens is 1. The third kappa shape index (κ3) is 2.59. The highest BCUT2D eigenvalue weighted by atomic mass is 79.9. The molecule has 0 amide bonds. The number of carbonyl (C=O) groups is 2. The molecule has 1 saturated carbocycles. The molecular formula is C15H17BrO4. The van der Waals surface area contributed by atoms with E-state index in [-0.39, 0.29) is 11.9 Å². The summed E-state index contributed by atoms with van der Waals surface area (Å²) in [5.41, 5.74) is -0.0691. The first-order chi connectivity index (χ1) is 9.56. The summed E-state index contributed by atoms with van der Waals surface area (Å²) in [4.78, 5) is 24.2. The predicted octanol–water partition coefficient (Wildman–Crippen LogP) is 2.83. The summed E-state index contributed by atoms with van der Waals surface area (Å²) in [5.74, 6) is -1.12. The average Bonchev–Trinajstić information content (AvgIpc) is 3.17. The Balaban J connectivity index is 2.30. The fourth-order valence-corrected chi connectivity index (χ4v) is 2.72. The fraction of sp³-hybridized carbons (Fsp3) is 0.467. The van der Waals surface area contributed by atoms with Gasteiger partial charge in [0.1, 0.15) is 5.41 Å². The molecule has 20 heavy (non-hydrogen) atoms. The van der Waals surface area contributed by atoms with Gasteiger partial charge in [-0.25, -0.2) is 0 Å². The molecule has 5 heteroatoms. The lowest BCUT2D eigenvalue weighted by Gasteiger charge is -2.16. The highest BCUT2D eigenvalue weighted by Crippen LogP contribution is 2.56. The van der Waals surface area contributed by atoms with Crippen molar-refractivity contribution < 1.29 is 19.1 Å². The first-order valence-electron chi connectivity index (χ1n) is 6.66. The Morgan fingerprint density at radius 2 is 1.80 bits per heavy atom. The van der Waals surface area contributed by atoms with Crippen molar-refractivity contribution in [3.63, 3.8) is 0 Å². The summed E-state index contributed by atoms with van der Waals surface area (Å²) in [6.07, 6.45) is 0.451. The highest BCUT2D eigenvalue weighted by Gasteiger charge is 2.66. The number of rotatable bonds is 5. The Morgan fingerprint density at radius 3 is 2.35 bits per heavy atom. The first-order valence-corrected chi connectivity index (χ1v) is 7.45. The highest BCUT2D eigenvalue weighted by molar-refractivity contribution is 9.10. The predicted molar refractivity (Wildman–Crippen MR) is 77.2 cm³/mol. The molecular weight excluding hydrogens is 324 g/mol. The molecule has 1 aliphatic rings. The van der Waals surface area contributed by atoms with E-state index in [1.807, 2.05) is 24.3 Å². The molecule has 2 atom stereocenters. The van der Waals surface area contributed by atoms with Crippen molar-refractivity contribution in [3.05, 3.63) is 34.3 Å². The quantitative estimate of drug-likeness (QED) is 0.773. The van der Waals surface area contributed by atoms with Gasteiger partial charge in [0, 0.05) is 4.47 Å². The van der Waals surface area contributed by atoms with E-state index >= 15 is 0 Å². The molecule has 1 aromatic carbocycles. The lowest BCUT2D eigenvalue weighted by Crippen LogP contribution is -2.28. The third-order valence-corrected chi connectivity index (χ3v) is 4.06. The van der Waals surface area contributed by atoms with Gasteiger partial charge in [-0.2, -0.15) is 0 Å². The molecule has 0 aromatic heterocycles. The molecule has 0 spiro atoms. The number of benzene rings is 1. The van der Waals surface area contributed by atoms with E-state index in [1.165, 1.54) is 0 Å². The van der Waals surface area contributed by atoms with Gasteiger partial charge < -0.3 is 9.47 Å². The van der Waals surface area contributed by atoms with Gasteiger partial charge in [-0.3, -0.25) is 9.59 Å². The average molecular weight is 341 g/mol. The normalized spacial score (nSPS) is 24.1. The zero-order valence-electron chi connectivity index (χ0n) is 11.5. The number of hydrogen-bond acceptors (Lipinski definition) is 4. The van der Waals surface area contributed by atoms with Crippen LogP contribution in [0.3, 0.4) is 0 Å². The van der Waals surface area contributed by atoms with Gasteiger partial charge in [0.2, 0.25) is 0 Å². The van der Waals surface area contributed by atoms with E-state index in [0.29, 0.717) is 19.6 Å². The van der Waals surface area contributed by atoms with Gasteiger partial charge >= 0.3 is 11.9 Å². The van der Waals surface area contributed by atoms with Crippen LogP contribution in [-0.2, 0) is 24.5 Å². The molecule has 1 aromatic rings. The molecule has 2 rings (SSSR count). The van der Waals surface area contributed by atoms with Gasteiger partial charge in [-0.1, -0.05) is 28.1 Å². The molecule has 0 N–H and O–H groups in total. The summed E-state index contributed by atoms with van der Waals surface area (Å²) in [6.45, 7) is 4.13. The fourth-order valence-electron chi connectivity index (χ4n) is 2.46. The molecule has 1 fully saturated rings. The van der Waals surface area contributed by atoms with Crippen molar-refractivity contribution in [2.24, 2.45) is 5.92 Å². The molecule has 0 unspecified atom stereocenters. The molecule has 0 heterocycles. The van der Waals surface area contributed by atoms with E-state index in [0.717, 1.165) is 10.0 Å². The molecule has 0 radical (unpaired) electrons. The maximum atomic E-state index is 12.3. The minimum Gasteiger partial charge on any atom is -0.466 e. The minimum atomic E-state index is -0.872. The van der Waals surface area contributed by atoms with Gasteiger partial charge in [-0.15, -0.1) is 0 Å². The molecule has 0 saturated heterocycles. The second-order valence-corrected chi connectivity index (χ2v) is 5.62. The summed E-state index contributed by atoms with van der Waals surface area (Å²) < 4.78 is 11.1. The van der Waals surface area contributed by atoms with Crippen LogP contribution in [-0.4, -0.2) is 25.2 Å². The van der Waals surface area contributed by atoms with Gasteiger partial charge in [0.25, 0.3) is 0 Å². The van der Waals surface area contributed by atoms with E-state index in [2.05, 4.69) is 15.9 Å². The van der Waals surface area contributed by atoms with Crippen LogP contribution in [0, 0.1) is 5.92 Å². The number of ether oxygens (including phenoxy) is 2. The number of hydrogen-bond donors (Lipinski definition) is 0. The van der Waals surface area contributed by atoms with Gasteiger partial charge in [0.15, 0.2) is 0 Å². The van der Waals surface area contributed by atoms with Crippen LogP contribution < -0.4 is 0 Å². The summed E-state index contributed by atoms with van der Waals surface area (Å²) in [7, 11) is 0. The number of carbonyl (C=O) groups excluding carboxylic acids is 2. The van der Waals surface area contributed by atoms with Crippen LogP contribution in [0.2, 0.25) is 0 Å². The Morgan fingerprint density at radius 1 is 1.20 bits per heavy atom. The van der Waals surface area contributed by atoms with E-state index in [9.17, 15) is 9.59 Å². The first kappa shape index (κ1) is 15.0. The van der Waals surface area contributed by atoms with Crippen molar-refractivity contribution >= 4 is 27.9 Å². The van der Waals surface area contributed by atoms with Crippen molar-refractivity contribution in [2.45, 2.75) is 25.7 Å².